The van der Waals surface area contributed by atoms with Crippen molar-refractivity contribution in [3.8, 4) is 0 Å². The van der Waals surface area contributed by atoms with Crippen LogP contribution in [-0.2, 0) is 23.2 Å². The number of rotatable bonds is 3. The number of aliphatic carboxylic acids is 1. The van der Waals surface area contributed by atoms with Gasteiger partial charge in [0.1, 0.15) is 0 Å². The molecule has 0 saturated heterocycles. The molecule has 1 atom stereocenters. The van der Waals surface area contributed by atoms with Crippen LogP contribution in [-0.4, -0.2) is 15.6 Å². The van der Waals surface area contributed by atoms with Gasteiger partial charge in [-0.05, 0) is 37.8 Å². The van der Waals surface area contributed by atoms with Crippen molar-refractivity contribution in [2.45, 2.75) is 57.9 Å². The molecule has 0 saturated carbocycles. The summed E-state index contributed by atoms with van der Waals surface area (Å²) in [5.74, 6) is -0.696. The third-order valence-corrected chi connectivity index (χ3v) is 4.91. The predicted molar refractivity (Wildman–Crippen MR) is 84.8 cm³/mol. The molecule has 0 aliphatic heterocycles. The summed E-state index contributed by atoms with van der Waals surface area (Å²) in [5.41, 5.74) is 3.65. The zero-order valence-electron chi connectivity index (χ0n) is 12.9. The van der Waals surface area contributed by atoms with Gasteiger partial charge in [0.05, 0.1) is 6.42 Å². The second kappa shape index (κ2) is 5.21. The highest BCUT2D eigenvalue weighted by Crippen LogP contribution is 2.43. The number of carboxylic acid groups (broad SMARTS) is 1. The molecule has 1 aliphatic rings. The Morgan fingerprint density at radius 1 is 1.33 bits per heavy atom. The van der Waals surface area contributed by atoms with Crippen molar-refractivity contribution in [2.24, 2.45) is 0 Å². The number of carboxylic acids is 1. The van der Waals surface area contributed by atoms with Gasteiger partial charge in [-0.2, -0.15) is 0 Å². The molecule has 21 heavy (non-hydrogen) atoms. The van der Waals surface area contributed by atoms with Crippen LogP contribution in [0, 0.1) is 0 Å². The zero-order valence-corrected chi connectivity index (χ0v) is 12.9. The largest absolute Gasteiger partial charge is 0.481 e. The smallest absolute Gasteiger partial charge is 0.304 e. The summed E-state index contributed by atoms with van der Waals surface area (Å²) in [5, 5.41) is 10.7. The summed E-state index contributed by atoms with van der Waals surface area (Å²) in [4.78, 5) is 11.4. The molecule has 1 N–H and O–H groups in total. The van der Waals surface area contributed by atoms with E-state index in [1.807, 2.05) is 0 Å². The average Bonchev–Trinajstić information content (AvgIpc) is 2.68. The molecule has 0 amide bonds. The lowest BCUT2D eigenvalue weighted by Gasteiger charge is -2.29. The van der Waals surface area contributed by atoms with Crippen LogP contribution in [0.3, 0.4) is 0 Å². The summed E-state index contributed by atoms with van der Waals surface area (Å²) >= 11 is 0. The van der Waals surface area contributed by atoms with Crippen LogP contribution >= 0.6 is 0 Å². The Balaban J connectivity index is 2.30. The maximum absolute atomic E-state index is 11.4. The van der Waals surface area contributed by atoms with E-state index in [4.69, 9.17) is 0 Å². The molecule has 0 bridgehead atoms. The van der Waals surface area contributed by atoms with Crippen LogP contribution in [0.4, 0.5) is 0 Å². The molecule has 0 unspecified atom stereocenters. The summed E-state index contributed by atoms with van der Waals surface area (Å²) in [7, 11) is 0. The molecule has 0 radical (unpaired) electrons. The maximum atomic E-state index is 11.4. The fraction of sp³-hybridized carbons (Fsp3) is 0.500. The third kappa shape index (κ3) is 2.25. The van der Waals surface area contributed by atoms with Crippen LogP contribution in [0.1, 0.15) is 50.8 Å². The Morgan fingerprint density at radius 2 is 2.10 bits per heavy atom. The van der Waals surface area contributed by atoms with Crippen molar-refractivity contribution in [1.82, 2.24) is 4.57 Å². The van der Waals surface area contributed by atoms with Crippen LogP contribution in [0.25, 0.3) is 10.9 Å². The number of benzene rings is 1. The van der Waals surface area contributed by atoms with E-state index in [2.05, 4.69) is 42.7 Å². The van der Waals surface area contributed by atoms with Gasteiger partial charge in [-0.3, -0.25) is 4.79 Å². The molecule has 112 valence electrons. The molecule has 1 aromatic carbocycles. The molecule has 1 aliphatic carbocycles. The first kappa shape index (κ1) is 14.2. The van der Waals surface area contributed by atoms with Gasteiger partial charge >= 0.3 is 5.97 Å². The fourth-order valence-electron chi connectivity index (χ4n) is 4.09. The minimum atomic E-state index is -0.696. The van der Waals surface area contributed by atoms with Crippen LogP contribution in [0.5, 0.6) is 0 Å². The lowest BCUT2D eigenvalue weighted by Crippen LogP contribution is -2.29. The highest BCUT2D eigenvalue weighted by molar-refractivity contribution is 5.86. The predicted octanol–water partition coefficient (Wildman–Crippen LogP) is 4.12. The Labute approximate surface area is 125 Å². The number of hydrogen-bond acceptors (Lipinski definition) is 1. The van der Waals surface area contributed by atoms with Crippen molar-refractivity contribution in [3.63, 3.8) is 0 Å². The van der Waals surface area contributed by atoms with E-state index in [1.54, 1.807) is 0 Å². The average molecular weight is 285 g/mol. The molecule has 2 aromatic rings. The van der Waals surface area contributed by atoms with E-state index < -0.39 is 5.97 Å². The molecular formula is C18H23NO2. The number of fused-ring (bicyclic) bond motifs is 3. The van der Waals surface area contributed by atoms with Gasteiger partial charge in [-0.25, -0.2) is 0 Å². The summed E-state index contributed by atoms with van der Waals surface area (Å²) < 4.78 is 2.35. The molecular weight excluding hydrogens is 262 g/mol. The summed E-state index contributed by atoms with van der Waals surface area (Å²) in [6.07, 6.45) is 4.51. The molecule has 0 fully saturated rings. The van der Waals surface area contributed by atoms with Gasteiger partial charge in [0.2, 0.25) is 0 Å². The second-order valence-corrected chi connectivity index (χ2v) is 6.43. The summed E-state index contributed by atoms with van der Waals surface area (Å²) in [6.45, 7) is 5.18. The number of hydrogen-bond donors (Lipinski definition) is 1. The van der Waals surface area contributed by atoms with Crippen molar-refractivity contribution in [3.05, 3.63) is 35.5 Å². The normalized spacial score (nSPS) is 22.0. The molecule has 1 heterocycles. The van der Waals surface area contributed by atoms with Crippen LogP contribution in [0.2, 0.25) is 0 Å². The Kier molecular flexibility index (Phi) is 3.52. The zero-order chi connectivity index (χ0) is 15.0. The SMILES string of the molecule is CCn1c2c(c3ccccc31)CCCC[C@@]2(C)CC(=O)O. The Morgan fingerprint density at radius 3 is 2.81 bits per heavy atom. The highest BCUT2D eigenvalue weighted by Gasteiger charge is 2.37. The fourth-order valence-corrected chi connectivity index (χ4v) is 4.09. The number of aromatic nitrogens is 1. The van der Waals surface area contributed by atoms with E-state index in [-0.39, 0.29) is 11.8 Å². The van der Waals surface area contributed by atoms with Gasteiger partial charge in [0, 0.05) is 28.6 Å². The van der Waals surface area contributed by atoms with E-state index in [0.29, 0.717) is 0 Å². The van der Waals surface area contributed by atoms with Gasteiger partial charge < -0.3 is 9.67 Å². The Hall–Kier alpha value is -1.77. The number of aryl methyl sites for hydroxylation is 2. The standard InChI is InChI=1S/C18H23NO2/c1-3-19-15-10-5-4-8-13(15)14-9-6-7-11-18(2,17(14)19)12-16(20)21/h4-5,8,10H,3,6-7,9,11-12H2,1-2H3,(H,20,21)/t18-/m0/s1. The lowest BCUT2D eigenvalue weighted by molar-refractivity contribution is -0.138. The topological polar surface area (TPSA) is 42.2 Å². The van der Waals surface area contributed by atoms with E-state index in [0.717, 1.165) is 32.2 Å². The van der Waals surface area contributed by atoms with Gasteiger partial charge in [0.25, 0.3) is 0 Å². The summed E-state index contributed by atoms with van der Waals surface area (Å²) in [6, 6.07) is 8.51. The minimum Gasteiger partial charge on any atom is -0.481 e. The van der Waals surface area contributed by atoms with Crippen molar-refractivity contribution in [1.29, 1.82) is 0 Å². The second-order valence-electron chi connectivity index (χ2n) is 6.43. The van der Waals surface area contributed by atoms with E-state index >= 15 is 0 Å². The third-order valence-electron chi connectivity index (χ3n) is 4.91. The molecule has 1 aromatic heterocycles. The lowest BCUT2D eigenvalue weighted by atomic mass is 9.78. The Bertz CT molecular complexity index is 686. The molecule has 3 heteroatoms. The number of carbonyl (C=O) groups is 1. The number of para-hydroxylation sites is 1. The maximum Gasteiger partial charge on any atom is 0.304 e. The first-order chi connectivity index (χ1) is 10.1. The van der Waals surface area contributed by atoms with Crippen LogP contribution in [0.15, 0.2) is 24.3 Å². The minimum absolute atomic E-state index is 0.219. The number of nitrogens with zero attached hydrogens (tertiary/aromatic N) is 1. The van der Waals surface area contributed by atoms with Gasteiger partial charge in [-0.1, -0.05) is 31.5 Å². The quantitative estimate of drug-likeness (QED) is 0.862. The molecule has 0 spiro atoms. The van der Waals surface area contributed by atoms with Gasteiger partial charge in [-0.15, -0.1) is 0 Å². The first-order valence-electron chi connectivity index (χ1n) is 7.89. The monoisotopic (exact) mass is 285 g/mol. The van der Waals surface area contributed by atoms with Crippen molar-refractivity contribution >= 4 is 16.9 Å². The van der Waals surface area contributed by atoms with Gasteiger partial charge in [0.15, 0.2) is 0 Å². The first-order valence-corrected chi connectivity index (χ1v) is 7.89. The van der Waals surface area contributed by atoms with E-state index in [9.17, 15) is 9.90 Å². The highest BCUT2D eigenvalue weighted by atomic mass is 16.4. The van der Waals surface area contributed by atoms with Crippen molar-refractivity contribution < 1.29 is 9.90 Å². The molecule has 3 nitrogen and oxygen atoms in total. The molecule has 3 rings (SSSR count). The van der Waals surface area contributed by atoms with Crippen LogP contribution < -0.4 is 0 Å². The van der Waals surface area contributed by atoms with Crippen molar-refractivity contribution in [2.75, 3.05) is 0 Å². The van der Waals surface area contributed by atoms with E-state index in [1.165, 1.54) is 22.2 Å².